The summed E-state index contributed by atoms with van der Waals surface area (Å²) < 4.78 is 0. The highest BCUT2D eigenvalue weighted by Crippen LogP contribution is 2.33. The van der Waals surface area contributed by atoms with E-state index in [1.165, 1.54) is 30.4 Å². The van der Waals surface area contributed by atoms with Crippen LogP contribution in [0.3, 0.4) is 0 Å². The lowest BCUT2D eigenvalue weighted by Crippen LogP contribution is -2.35. The Morgan fingerprint density at radius 3 is 2.94 bits per heavy atom. The van der Waals surface area contributed by atoms with Crippen LogP contribution in [0.2, 0.25) is 0 Å². The van der Waals surface area contributed by atoms with E-state index in [-0.39, 0.29) is 0 Å². The average Bonchev–Trinajstić information content (AvgIpc) is 2.35. The van der Waals surface area contributed by atoms with Crippen LogP contribution in [0.4, 0.5) is 0 Å². The van der Waals surface area contributed by atoms with Crippen LogP contribution in [0, 0.1) is 0 Å². The zero-order chi connectivity index (χ0) is 11.4. The van der Waals surface area contributed by atoms with E-state index >= 15 is 0 Å². The summed E-state index contributed by atoms with van der Waals surface area (Å²) in [5.74, 6) is 0. The van der Waals surface area contributed by atoms with Gasteiger partial charge in [0.05, 0.1) is 0 Å². The topological polar surface area (TPSA) is 29.3 Å². The number of likely N-dealkylation sites (N-methyl/N-ethyl adjacent to an activating group) is 1. The lowest BCUT2D eigenvalue weighted by Gasteiger charge is -2.35. The highest BCUT2D eigenvalue weighted by molar-refractivity contribution is 5.32. The molecule has 0 amide bonds. The van der Waals surface area contributed by atoms with Crippen LogP contribution in [0.15, 0.2) is 24.3 Å². The lowest BCUT2D eigenvalue weighted by atomic mass is 9.87. The first-order valence-electron chi connectivity index (χ1n) is 6.38. The summed E-state index contributed by atoms with van der Waals surface area (Å²) in [4.78, 5) is 2.51. The van der Waals surface area contributed by atoms with Gasteiger partial charge >= 0.3 is 0 Å². The van der Waals surface area contributed by atoms with Gasteiger partial charge in [0.25, 0.3) is 0 Å². The Hall–Kier alpha value is -0.860. The van der Waals surface area contributed by atoms with Gasteiger partial charge in [-0.05, 0) is 36.9 Å². The second-order valence-corrected chi connectivity index (χ2v) is 4.52. The molecule has 0 saturated carbocycles. The molecular formula is C14H22N2. The average molecular weight is 218 g/mol. The Balaban J connectivity index is 2.23. The molecule has 1 aromatic rings. The molecule has 0 spiro atoms. The summed E-state index contributed by atoms with van der Waals surface area (Å²) in [6.07, 6.45) is 3.83. The van der Waals surface area contributed by atoms with Crippen molar-refractivity contribution in [3.8, 4) is 0 Å². The SMILES string of the molecule is CCN(CCN)C1CCCc2ccccc21. The molecule has 1 aliphatic rings. The predicted octanol–water partition coefficient (Wildman–Crippen LogP) is 2.34. The van der Waals surface area contributed by atoms with Crippen LogP contribution < -0.4 is 5.73 Å². The van der Waals surface area contributed by atoms with E-state index in [2.05, 4.69) is 36.1 Å². The highest BCUT2D eigenvalue weighted by Gasteiger charge is 2.23. The standard InChI is InChI=1S/C14H22N2/c1-2-16(11-10-15)14-9-5-7-12-6-3-4-8-13(12)14/h3-4,6,8,14H,2,5,7,9-11,15H2,1H3. The molecule has 88 valence electrons. The Morgan fingerprint density at radius 2 is 2.19 bits per heavy atom. The fraction of sp³-hybridized carbons (Fsp3) is 0.571. The van der Waals surface area contributed by atoms with Crippen molar-refractivity contribution in [1.29, 1.82) is 0 Å². The van der Waals surface area contributed by atoms with Crippen molar-refractivity contribution < 1.29 is 0 Å². The number of aryl methyl sites for hydroxylation is 1. The Bertz CT molecular complexity index is 335. The summed E-state index contributed by atoms with van der Waals surface area (Å²) in [6, 6.07) is 9.47. The maximum Gasteiger partial charge on any atom is 0.0351 e. The third-order valence-electron chi connectivity index (χ3n) is 3.60. The summed E-state index contributed by atoms with van der Waals surface area (Å²) in [5, 5.41) is 0. The van der Waals surface area contributed by atoms with Gasteiger partial charge in [-0.2, -0.15) is 0 Å². The van der Waals surface area contributed by atoms with E-state index in [1.54, 1.807) is 0 Å². The first-order valence-corrected chi connectivity index (χ1v) is 6.38. The zero-order valence-electron chi connectivity index (χ0n) is 10.2. The molecule has 2 rings (SSSR count). The van der Waals surface area contributed by atoms with Gasteiger partial charge in [0, 0.05) is 19.1 Å². The first kappa shape index (κ1) is 11.6. The minimum absolute atomic E-state index is 0.596. The lowest BCUT2D eigenvalue weighted by molar-refractivity contribution is 0.193. The van der Waals surface area contributed by atoms with Crippen molar-refractivity contribution in [2.45, 2.75) is 32.2 Å². The van der Waals surface area contributed by atoms with E-state index in [0.717, 1.165) is 19.6 Å². The van der Waals surface area contributed by atoms with Crippen LogP contribution in [-0.4, -0.2) is 24.5 Å². The van der Waals surface area contributed by atoms with Gasteiger partial charge < -0.3 is 5.73 Å². The van der Waals surface area contributed by atoms with Crippen LogP contribution >= 0.6 is 0 Å². The summed E-state index contributed by atoms with van der Waals surface area (Å²) in [6.45, 7) is 5.09. The second-order valence-electron chi connectivity index (χ2n) is 4.52. The normalized spacial score (nSPS) is 19.8. The number of fused-ring (bicyclic) bond motifs is 1. The first-order chi connectivity index (χ1) is 7.86. The fourth-order valence-electron chi connectivity index (χ4n) is 2.81. The Kier molecular flexibility index (Phi) is 3.97. The van der Waals surface area contributed by atoms with Crippen LogP contribution in [0.25, 0.3) is 0 Å². The van der Waals surface area contributed by atoms with E-state index < -0.39 is 0 Å². The number of nitrogens with zero attached hydrogens (tertiary/aromatic N) is 1. The molecule has 2 nitrogen and oxygen atoms in total. The quantitative estimate of drug-likeness (QED) is 0.840. The molecule has 2 N–H and O–H groups in total. The van der Waals surface area contributed by atoms with Gasteiger partial charge in [-0.1, -0.05) is 31.2 Å². The zero-order valence-corrected chi connectivity index (χ0v) is 10.2. The third-order valence-corrected chi connectivity index (χ3v) is 3.60. The molecule has 1 aromatic carbocycles. The number of hydrogen-bond acceptors (Lipinski definition) is 2. The van der Waals surface area contributed by atoms with E-state index in [9.17, 15) is 0 Å². The molecule has 0 heterocycles. The summed E-state index contributed by atoms with van der Waals surface area (Å²) >= 11 is 0. The largest absolute Gasteiger partial charge is 0.329 e. The molecule has 1 aliphatic carbocycles. The molecule has 0 radical (unpaired) electrons. The van der Waals surface area contributed by atoms with E-state index in [0.29, 0.717) is 6.04 Å². The molecule has 16 heavy (non-hydrogen) atoms. The summed E-state index contributed by atoms with van der Waals surface area (Å²) in [7, 11) is 0. The van der Waals surface area contributed by atoms with Crippen molar-refractivity contribution >= 4 is 0 Å². The molecule has 0 bridgehead atoms. The van der Waals surface area contributed by atoms with Crippen LogP contribution in [0.1, 0.15) is 36.9 Å². The second kappa shape index (κ2) is 5.46. The predicted molar refractivity (Wildman–Crippen MR) is 68.4 cm³/mol. The molecule has 0 fully saturated rings. The minimum atomic E-state index is 0.596. The van der Waals surface area contributed by atoms with E-state index in [4.69, 9.17) is 5.73 Å². The van der Waals surface area contributed by atoms with Crippen molar-refractivity contribution in [1.82, 2.24) is 4.90 Å². The maximum absolute atomic E-state index is 5.69. The molecule has 0 aromatic heterocycles. The van der Waals surface area contributed by atoms with Crippen LogP contribution in [-0.2, 0) is 6.42 Å². The Morgan fingerprint density at radius 1 is 1.38 bits per heavy atom. The number of benzene rings is 1. The highest BCUT2D eigenvalue weighted by atomic mass is 15.2. The van der Waals surface area contributed by atoms with Gasteiger partial charge in [-0.25, -0.2) is 0 Å². The molecule has 0 aliphatic heterocycles. The summed E-state index contributed by atoms with van der Waals surface area (Å²) in [5.41, 5.74) is 8.76. The fourth-order valence-corrected chi connectivity index (χ4v) is 2.81. The Labute approximate surface area is 98.4 Å². The number of rotatable bonds is 4. The third kappa shape index (κ3) is 2.28. The van der Waals surface area contributed by atoms with Gasteiger partial charge in [-0.3, -0.25) is 4.90 Å². The number of hydrogen-bond donors (Lipinski definition) is 1. The van der Waals surface area contributed by atoms with Crippen LogP contribution in [0.5, 0.6) is 0 Å². The molecule has 0 saturated heterocycles. The van der Waals surface area contributed by atoms with E-state index in [1.807, 2.05) is 0 Å². The van der Waals surface area contributed by atoms with Gasteiger partial charge in [0.1, 0.15) is 0 Å². The van der Waals surface area contributed by atoms with Crippen molar-refractivity contribution in [3.63, 3.8) is 0 Å². The van der Waals surface area contributed by atoms with Gasteiger partial charge in [0.2, 0.25) is 0 Å². The molecule has 1 atom stereocenters. The molecule has 1 unspecified atom stereocenters. The van der Waals surface area contributed by atoms with Gasteiger partial charge in [0.15, 0.2) is 0 Å². The molecular weight excluding hydrogens is 196 g/mol. The monoisotopic (exact) mass is 218 g/mol. The number of nitrogens with two attached hydrogens (primary N) is 1. The minimum Gasteiger partial charge on any atom is -0.329 e. The maximum atomic E-state index is 5.69. The van der Waals surface area contributed by atoms with Gasteiger partial charge in [-0.15, -0.1) is 0 Å². The van der Waals surface area contributed by atoms with Crippen molar-refractivity contribution in [2.24, 2.45) is 5.73 Å². The molecule has 2 heteroatoms. The smallest absolute Gasteiger partial charge is 0.0351 e. The van der Waals surface area contributed by atoms with Crippen molar-refractivity contribution in [3.05, 3.63) is 35.4 Å². The van der Waals surface area contributed by atoms with Crippen molar-refractivity contribution in [2.75, 3.05) is 19.6 Å².